The van der Waals surface area contributed by atoms with Gasteiger partial charge in [-0.1, -0.05) is 12.1 Å². The Morgan fingerprint density at radius 1 is 1.28 bits per heavy atom. The number of hydrogen-bond acceptors (Lipinski definition) is 5. The summed E-state index contributed by atoms with van der Waals surface area (Å²) in [4.78, 5) is 16.9. The van der Waals surface area contributed by atoms with Crippen LogP contribution in [-0.4, -0.2) is 19.0 Å². The minimum absolute atomic E-state index is 0.0832. The largest absolute Gasteiger partial charge is 0.293 e. The SMILES string of the molecule is Cc1[nH]n(-c2ccc(S(=N)(N)=O)cn2)c(=O)c1-c1ccc(C#N)cc1. The van der Waals surface area contributed by atoms with E-state index in [1.165, 1.54) is 23.0 Å². The van der Waals surface area contributed by atoms with Gasteiger partial charge in [0.15, 0.2) is 5.82 Å². The van der Waals surface area contributed by atoms with Crippen LogP contribution in [0.3, 0.4) is 0 Å². The van der Waals surface area contributed by atoms with Crippen LogP contribution in [-0.2, 0) is 9.92 Å². The number of aryl methyl sites for hydroxylation is 1. The number of nitrogens with two attached hydrogens (primary N) is 1. The van der Waals surface area contributed by atoms with Gasteiger partial charge in [0.25, 0.3) is 5.56 Å². The van der Waals surface area contributed by atoms with E-state index in [2.05, 4.69) is 10.1 Å². The van der Waals surface area contributed by atoms with Crippen molar-refractivity contribution in [1.82, 2.24) is 14.8 Å². The molecule has 2 aromatic heterocycles. The molecule has 4 N–H and O–H groups in total. The van der Waals surface area contributed by atoms with Crippen molar-refractivity contribution in [2.24, 2.45) is 5.14 Å². The van der Waals surface area contributed by atoms with Gasteiger partial charge in [0.1, 0.15) is 9.92 Å². The van der Waals surface area contributed by atoms with E-state index in [1.807, 2.05) is 6.07 Å². The predicted molar refractivity (Wildman–Crippen MR) is 92.4 cm³/mol. The number of hydrogen-bond donors (Lipinski definition) is 3. The van der Waals surface area contributed by atoms with Gasteiger partial charge in [-0.3, -0.25) is 9.89 Å². The van der Waals surface area contributed by atoms with E-state index >= 15 is 0 Å². The van der Waals surface area contributed by atoms with Crippen LogP contribution in [0.5, 0.6) is 0 Å². The normalized spacial score (nSPS) is 13.2. The highest BCUT2D eigenvalue weighted by molar-refractivity contribution is 7.90. The van der Waals surface area contributed by atoms with Gasteiger partial charge in [-0.25, -0.2) is 23.8 Å². The summed E-state index contributed by atoms with van der Waals surface area (Å²) >= 11 is 0. The fourth-order valence-corrected chi connectivity index (χ4v) is 2.92. The average molecular weight is 354 g/mol. The molecule has 0 saturated carbocycles. The van der Waals surface area contributed by atoms with Crippen LogP contribution >= 0.6 is 0 Å². The van der Waals surface area contributed by atoms with Gasteiger partial charge < -0.3 is 0 Å². The first-order valence-corrected chi connectivity index (χ1v) is 8.78. The Balaban J connectivity index is 2.08. The van der Waals surface area contributed by atoms with Crippen molar-refractivity contribution in [2.75, 3.05) is 0 Å². The van der Waals surface area contributed by atoms with Gasteiger partial charge in [0.2, 0.25) is 0 Å². The second-order valence-electron chi connectivity index (χ2n) is 5.39. The summed E-state index contributed by atoms with van der Waals surface area (Å²) in [6.45, 7) is 1.76. The predicted octanol–water partition coefficient (Wildman–Crippen LogP) is 1.69. The molecule has 0 aliphatic heterocycles. The summed E-state index contributed by atoms with van der Waals surface area (Å²) in [5.41, 5.74) is 2.00. The molecule has 0 spiro atoms. The van der Waals surface area contributed by atoms with Gasteiger partial charge in [-0.05, 0) is 36.8 Å². The zero-order valence-electron chi connectivity index (χ0n) is 13.2. The Labute approximate surface area is 143 Å². The Morgan fingerprint density at radius 2 is 1.96 bits per heavy atom. The first-order chi connectivity index (χ1) is 11.8. The van der Waals surface area contributed by atoms with Gasteiger partial charge in [0.05, 0.1) is 22.1 Å². The van der Waals surface area contributed by atoms with E-state index in [0.717, 1.165) is 0 Å². The third-order valence-electron chi connectivity index (χ3n) is 3.67. The molecule has 0 amide bonds. The Kier molecular flexibility index (Phi) is 4.00. The lowest BCUT2D eigenvalue weighted by molar-refractivity contribution is 0.675. The maximum atomic E-state index is 12.7. The first kappa shape index (κ1) is 16.6. The molecule has 1 unspecified atom stereocenters. The van der Waals surface area contributed by atoms with E-state index < -0.39 is 9.92 Å². The third kappa shape index (κ3) is 3.08. The van der Waals surface area contributed by atoms with Crippen LogP contribution in [0.15, 0.2) is 52.3 Å². The second-order valence-corrected chi connectivity index (χ2v) is 7.07. The molecule has 1 atom stereocenters. The maximum Gasteiger partial charge on any atom is 0.280 e. The molecule has 126 valence electrons. The van der Waals surface area contributed by atoms with Gasteiger partial charge in [-0.15, -0.1) is 0 Å². The van der Waals surface area contributed by atoms with Crippen molar-refractivity contribution in [2.45, 2.75) is 11.8 Å². The second kappa shape index (κ2) is 6.01. The number of pyridine rings is 1. The molecule has 3 aromatic rings. The average Bonchev–Trinajstić information content (AvgIpc) is 2.89. The topological polar surface area (TPSA) is 141 Å². The van der Waals surface area contributed by atoms with Crippen LogP contribution in [0.2, 0.25) is 0 Å². The van der Waals surface area contributed by atoms with Crippen LogP contribution in [0.1, 0.15) is 11.3 Å². The van der Waals surface area contributed by atoms with Crippen molar-refractivity contribution >= 4 is 9.92 Å². The van der Waals surface area contributed by atoms with Crippen molar-refractivity contribution in [3.63, 3.8) is 0 Å². The zero-order chi connectivity index (χ0) is 18.2. The highest BCUT2D eigenvalue weighted by atomic mass is 32.2. The van der Waals surface area contributed by atoms with Crippen molar-refractivity contribution in [3.8, 4) is 23.0 Å². The lowest BCUT2D eigenvalue weighted by Gasteiger charge is -2.03. The molecular weight excluding hydrogens is 340 g/mol. The van der Waals surface area contributed by atoms with E-state index in [0.29, 0.717) is 28.2 Å². The molecular formula is C16H14N6O2S. The van der Waals surface area contributed by atoms with Crippen LogP contribution < -0.4 is 10.7 Å². The van der Waals surface area contributed by atoms with Crippen LogP contribution in [0.25, 0.3) is 16.9 Å². The molecule has 0 bridgehead atoms. The number of nitrogens with one attached hydrogen (secondary N) is 2. The number of aromatic amines is 1. The summed E-state index contributed by atoms with van der Waals surface area (Å²) in [6, 6.07) is 11.6. The summed E-state index contributed by atoms with van der Waals surface area (Å²) in [5, 5.41) is 17.1. The molecule has 8 nitrogen and oxygen atoms in total. The van der Waals surface area contributed by atoms with Crippen molar-refractivity contribution in [3.05, 3.63) is 64.2 Å². The number of benzene rings is 1. The van der Waals surface area contributed by atoms with Crippen LogP contribution in [0, 0.1) is 23.0 Å². The molecule has 0 fully saturated rings. The minimum atomic E-state index is -3.35. The fraction of sp³-hybridized carbons (Fsp3) is 0.0625. The van der Waals surface area contributed by atoms with Crippen LogP contribution in [0.4, 0.5) is 0 Å². The molecule has 0 aliphatic carbocycles. The van der Waals surface area contributed by atoms with Crippen molar-refractivity contribution < 1.29 is 4.21 Å². The Bertz CT molecular complexity index is 1130. The van der Waals surface area contributed by atoms with E-state index in [4.69, 9.17) is 15.2 Å². The lowest BCUT2D eigenvalue weighted by atomic mass is 10.1. The van der Waals surface area contributed by atoms with Crippen molar-refractivity contribution in [1.29, 1.82) is 10.0 Å². The number of H-pyrrole nitrogens is 1. The van der Waals surface area contributed by atoms with Gasteiger partial charge in [-0.2, -0.15) is 5.26 Å². The first-order valence-electron chi connectivity index (χ1n) is 7.16. The standard InChI is InChI=1S/C16H14N6O2S/c1-10-15(12-4-2-11(8-17)3-5-12)16(23)22(21-10)14-7-6-13(9-20-14)25(18,19)24/h2-7,9,21H,1H3,(H3,18,19,24). The minimum Gasteiger partial charge on any atom is -0.293 e. The highest BCUT2D eigenvalue weighted by Crippen LogP contribution is 2.20. The third-order valence-corrected chi connectivity index (χ3v) is 4.62. The lowest BCUT2D eigenvalue weighted by Crippen LogP contribution is -2.17. The van der Waals surface area contributed by atoms with E-state index in [1.54, 1.807) is 31.2 Å². The smallest absolute Gasteiger partial charge is 0.280 e. The number of aromatic nitrogens is 3. The van der Waals surface area contributed by atoms with Gasteiger partial charge in [0, 0.05) is 11.9 Å². The highest BCUT2D eigenvalue weighted by Gasteiger charge is 2.15. The fourth-order valence-electron chi connectivity index (χ4n) is 2.44. The molecule has 1 aromatic carbocycles. The number of nitrogens with zero attached hydrogens (tertiary/aromatic N) is 3. The zero-order valence-corrected chi connectivity index (χ0v) is 14.0. The molecule has 0 radical (unpaired) electrons. The summed E-state index contributed by atoms with van der Waals surface area (Å²) in [5.74, 6) is 0.292. The summed E-state index contributed by atoms with van der Waals surface area (Å²) < 4.78 is 20.1. The Hall–Kier alpha value is -3.22. The molecule has 25 heavy (non-hydrogen) atoms. The molecule has 9 heteroatoms. The molecule has 2 heterocycles. The number of rotatable bonds is 3. The summed E-state index contributed by atoms with van der Waals surface area (Å²) in [7, 11) is -3.35. The molecule has 3 rings (SSSR count). The van der Waals surface area contributed by atoms with E-state index in [-0.39, 0.29) is 10.5 Å². The quantitative estimate of drug-likeness (QED) is 0.658. The molecule has 0 aliphatic rings. The monoisotopic (exact) mass is 354 g/mol. The number of nitriles is 1. The molecule has 0 saturated heterocycles. The van der Waals surface area contributed by atoms with Gasteiger partial charge >= 0.3 is 0 Å². The maximum absolute atomic E-state index is 12.7. The Morgan fingerprint density at radius 3 is 2.48 bits per heavy atom. The van der Waals surface area contributed by atoms with E-state index in [9.17, 15) is 9.00 Å². The summed E-state index contributed by atoms with van der Waals surface area (Å²) in [6.07, 6.45) is 1.22.